The molecule has 0 atom stereocenters. The number of thiazole rings is 1. The number of amides is 2. The summed E-state index contributed by atoms with van der Waals surface area (Å²) in [5.41, 5.74) is 5.31. The molecule has 0 radical (unpaired) electrons. The standard InChI is InChI=1S/C25H27N3O3S/c1-17-4-6-18(7-5-17)25-27-20(16-32-25)12-13-26-23(29)3-2-14-31-21-9-10-22-19(15-21)8-11-24(30)28-22/h4-7,9-10,15-16H,2-3,8,11-14H2,1H3,(H,26,29)(H,28,30). The van der Waals surface area contributed by atoms with E-state index in [1.54, 1.807) is 11.3 Å². The lowest BCUT2D eigenvalue weighted by Crippen LogP contribution is -2.25. The van der Waals surface area contributed by atoms with Gasteiger partial charge in [-0.3, -0.25) is 9.59 Å². The van der Waals surface area contributed by atoms with Gasteiger partial charge < -0.3 is 15.4 Å². The van der Waals surface area contributed by atoms with Crippen LogP contribution in [0.3, 0.4) is 0 Å². The number of fused-ring (bicyclic) bond motifs is 1. The molecule has 1 aliphatic heterocycles. The molecule has 0 fully saturated rings. The summed E-state index contributed by atoms with van der Waals surface area (Å²) >= 11 is 1.63. The Bertz CT molecular complexity index is 1090. The van der Waals surface area contributed by atoms with Gasteiger partial charge in [-0.1, -0.05) is 29.8 Å². The Labute approximate surface area is 192 Å². The minimum absolute atomic E-state index is 0.0238. The van der Waals surface area contributed by atoms with Gasteiger partial charge in [0.1, 0.15) is 10.8 Å². The molecule has 166 valence electrons. The highest BCUT2D eigenvalue weighted by Crippen LogP contribution is 2.27. The first-order valence-electron chi connectivity index (χ1n) is 10.9. The summed E-state index contributed by atoms with van der Waals surface area (Å²) in [5, 5.41) is 8.88. The van der Waals surface area contributed by atoms with Crippen molar-refractivity contribution in [2.45, 2.75) is 39.0 Å². The predicted molar refractivity (Wildman–Crippen MR) is 127 cm³/mol. The Morgan fingerprint density at radius 1 is 1.19 bits per heavy atom. The van der Waals surface area contributed by atoms with Crippen LogP contribution in [0.5, 0.6) is 5.75 Å². The van der Waals surface area contributed by atoms with Crippen LogP contribution in [0.2, 0.25) is 0 Å². The fourth-order valence-electron chi connectivity index (χ4n) is 3.54. The molecule has 2 amide bonds. The van der Waals surface area contributed by atoms with Crippen LogP contribution in [0.15, 0.2) is 47.8 Å². The highest BCUT2D eigenvalue weighted by atomic mass is 32.1. The van der Waals surface area contributed by atoms with Gasteiger partial charge in [-0.15, -0.1) is 11.3 Å². The van der Waals surface area contributed by atoms with Crippen molar-refractivity contribution >= 4 is 28.8 Å². The van der Waals surface area contributed by atoms with Crippen molar-refractivity contribution < 1.29 is 14.3 Å². The first kappa shape index (κ1) is 22.0. The molecule has 1 aromatic heterocycles. The summed E-state index contributed by atoms with van der Waals surface area (Å²) in [5.74, 6) is 0.850. The van der Waals surface area contributed by atoms with Crippen LogP contribution >= 0.6 is 11.3 Å². The summed E-state index contributed by atoms with van der Waals surface area (Å²) in [6.45, 7) is 3.12. The molecule has 3 aromatic rings. The molecule has 4 rings (SSSR count). The predicted octanol–water partition coefficient (Wildman–Crippen LogP) is 4.52. The molecule has 2 heterocycles. The summed E-state index contributed by atoms with van der Waals surface area (Å²) in [6.07, 6.45) is 3.02. The van der Waals surface area contributed by atoms with E-state index in [1.165, 1.54) is 5.56 Å². The van der Waals surface area contributed by atoms with Crippen LogP contribution in [-0.2, 0) is 22.4 Å². The first-order chi connectivity index (χ1) is 15.6. The maximum absolute atomic E-state index is 12.1. The Kier molecular flexibility index (Phi) is 7.17. The normalized spacial score (nSPS) is 12.7. The van der Waals surface area contributed by atoms with Gasteiger partial charge in [0, 0.05) is 42.4 Å². The number of hydrogen-bond donors (Lipinski definition) is 2. The van der Waals surface area contributed by atoms with E-state index in [-0.39, 0.29) is 11.8 Å². The van der Waals surface area contributed by atoms with E-state index < -0.39 is 0 Å². The van der Waals surface area contributed by atoms with Gasteiger partial charge in [0.25, 0.3) is 0 Å². The molecule has 0 aliphatic carbocycles. The Morgan fingerprint density at radius 2 is 2.03 bits per heavy atom. The average molecular weight is 450 g/mol. The molecule has 6 nitrogen and oxygen atoms in total. The number of rotatable bonds is 9. The number of ether oxygens (including phenoxy) is 1. The van der Waals surface area contributed by atoms with E-state index >= 15 is 0 Å². The van der Waals surface area contributed by atoms with E-state index in [0.29, 0.717) is 32.4 Å². The van der Waals surface area contributed by atoms with Gasteiger partial charge in [0.05, 0.1) is 12.3 Å². The number of hydrogen-bond acceptors (Lipinski definition) is 5. The lowest BCUT2D eigenvalue weighted by molar-refractivity contribution is -0.121. The fraction of sp³-hybridized carbons (Fsp3) is 0.320. The zero-order valence-electron chi connectivity index (χ0n) is 18.1. The van der Waals surface area contributed by atoms with Crippen LogP contribution in [0.4, 0.5) is 5.69 Å². The van der Waals surface area contributed by atoms with Gasteiger partial charge in [-0.2, -0.15) is 0 Å². The smallest absolute Gasteiger partial charge is 0.224 e. The number of nitrogens with zero attached hydrogens (tertiary/aromatic N) is 1. The van der Waals surface area contributed by atoms with Crippen molar-refractivity contribution in [3.63, 3.8) is 0 Å². The molecule has 7 heteroatoms. The zero-order valence-corrected chi connectivity index (χ0v) is 19.0. The molecule has 2 aromatic carbocycles. The van der Waals surface area contributed by atoms with E-state index in [4.69, 9.17) is 4.74 Å². The van der Waals surface area contributed by atoms with Gasteiger partial charge in [0.2, 0.25) is 11.8 Å². The minimum Gasteiger partial charge on any atom is -0.494 e. The highest BCUT2D eigenvalue weighted by Gasteiger charge is 2.15. The van der Waals surface area contributed by atoms with Crippen molar-refractivity contribution in [2.24, 2.45) is 0 Å². The molecule has 0 unspecified atom stereocenters. The monoisotopic (exact) mass is 449 g/mol. The van der Waals surface area contributed by atoms with Crippen molar-refractivity contribution in [1.29, 1.82) is 0 Å². The van der Waals surface area contributed by atoms with Crippen molar-refractivity contribution in [3.8, 4) is 16.3 Å². The Morgan fingerprint density at radius 3 is 2.88 bits per heavy atom. The van der Waals surface area contributed by atoms with Crippen LogP contribution in [0, 0.1) is 6.92 Å². The number of aromatic nitrogens is 1. The van der Waals surface area contributed by atoms with Crippen molar-refractivity contribution in [1.82, 2.24) is 10.3 Å². The SMILES string of the molecule is Cc1ccc(-c2nc(CCNC(=O)CCCOc3ccc4c(c3)CCC(=O)N4)cs2)cc1. The molecular formula is C25H27N3O3S. The maximum Gasteiger partial charge on any atom is 0.224 e. The van der Waals surface area contributed by atoms with E-state index in [1.807, 2.05) is 18.2 Å². The summed E-state index contributed by atoms with van der Waals surface area (Å²) < 4.78 is 5.77. The quantitative estimate of drug-likeness (QED) is 0.471. The third kappa shape index (κ3) is 5.95. The molecule has 2 N–H and O–H groups in total. The zero-order chi connectivity index (χ0) is 22.3. The average Bonchev–Trinajstić information content (AvgIpc) is 3.26. The molecule has 0 bridgehead atoms. The van der Waals surface area contributed by atoms with Crippen molar-refractivity contribution in [3.05, 3.63) is 64.7 Å². The summed E-state index contributed by atoms with van der Waals surface area (Å²) in [7, 11) is 0. The third-order valence-corrected chi connectivity index (χ3v) is 6.28. The number of anilines is 1. The minimum atomic E-state index is 0.0238. The number of aryl methyl sites for hydroxylation is 2. The third-order valence-electron chi connectivity index (χ3n) is 5.34. The van der Waals surface area contributed by atoms with E-state index in [0.717, 1.165) is 46.1 Å². The molecular weight excluding hydrogens is 422 g/mol. The number of benzene rings is 2. The van der Waals surface area contributed by atoms with Crippen LogP contribution < -0.4 is 15.4 Å². The van der Waals surface area contributed by atoms with Gasteiger partial charge in [-0.05, 0) is 43.5 Å². The van der Waals surface area contributed by atoms with Crippen LogP contribution in [0.1, 0.15) is 36.1 Å². The van der Waals surface area contributed by atoms with Gasteiger partial charge >= 0.3 is 0 Å². The molecule has 32 heavy (non-hydrogen) atoms. The molecule has 1 aliphatic rings. The molecule has 0 spiro atoms. The number of nitrogens with one attached hydrogen (secondary N) is 2. The van der Waals surface area contributed by atoms with E-state index in [2.05, 4.69) is 52.2 Å². The Balaban J connectivity index is 1.13. The Hall–Kier alpha value is -3.19. The molecule has 0 saturated carbocycles. The fourth-order valence-corrected chi connectivity index (χ4v) is 4.40. The lowest BCUT2D eigenvalue weighted by Gasteiger charge is -2.17. The van der Waals surface area contributed by atoms with E-state index in [9.17, 15) is 9.59 Å². The van der Waals surface area contributed by atoms with Crippen LogP contribution in [0.25, 0.3) is 10.6 Å². The first-order valence-corrected chi connectivity index (χ1v) is 11.8. The lowest BCUT2D eigenvalue weighted by atomic mass is 10.0. The van der Waals surface area contributed by atoms with Gasteiger partial charge in [-0.25, -0.2) is 4.98 Å². The topological polar surface area (TPSA) is 80.3 Å². The summed E-state index contributed by atoms with van der Waals surface area (Å²) in [6, 6.07) is 14.0. The summed E-state index contributed by atoms with van der Waals surface area (Å²) in [4.78, 5) is 28.2. The number of carbonyl (C=O) groups excluding carboxylic acids is 2. The largest absolute Gasteiger partial charge is 0.494 e. The number of carbonyl (C=O) groups is 2. The second kappa shape index (κ2) is 10.4. The maximum atomic E-state index is 12.1. The second-order valence-electron chi connectivity index (χ2n) is 7.93. The van der Waals surface area contributed by atoms with Gasteiger partial charge in [0.15, 0.2) is 0 Å². The van der Waals surface area contributed by atoms with Crippen molar-refractivity contribution in [2.75, 3.05) is 18.5 Å². The highest BCUT2D eigenvalue weighted by molar-refractivity contribution is 7.13. The molecule has 0 saturated heterocycles. The van der Waals surface area contributed by atoms with Crippen LogP contribution in [-0.4, -0.2) is 29.9 Å². The second-order valence-corrected chi connectivity index (χ2v) is 8.79.